The fourth-order valence-electron chi connectivity index (χ4n) is 1.96. The van der Waals surface area contributed by atoms with Crippen molar-refractivity contribution in [1.82, 2.24) is 10.3 Å². The molecule has 2 atom stereocenters. The third-order valence-corrected chi connectivity index (χ3v) is 4.27. The largest absolute Gasteiger partial charge is 0.352 e. The van der Waals surface area contributed by atoms with Gasteiger partial charge in [-0.25, -0.2) is 9.78 Å². The molecule has 0 bridgehead atoms. The molecule has 21 heavy (non-hydrogen) atoms. The summed E-state index contributed by atoms with van der Waals surface area (Å²) in [6, 6.07) is 6.26. The number of aromatic nitrogens is 1. The summed E-state index contributed by atoms with van der Waals surface area (Å²) >= 11 is 1.39. The molecule has 0 saturated heterocycles. The van der Waals surface area contributed by atoms with Gasteiger partial charge in [-0.1, -0.05) is 43.7 Å². The quantitative estimate of drug-likeness (QED) is 0.790. The molecule has 0 aliphatic heterocycles. The fourth-order valence-corrected chi connectivity index (χ4v) is 2.83. The van der Waals surface area contributed by atoms with Gasteiger partial charge in [-0.2, -0.15) is 0 Å². The summed E-state index contributed by atoms with van der Waals surface area (Å²) in [5, 5.41) is 5.75. The zero-order valence-corrected chi connectivity index (χ0v) is 12.7. The summed E-state index contributed by atoms with van der Waals surface area (Å²) in [7, 11) is 0. The maximum absolute atomic E-state index is 12.3. The highest BCUT2D eigenvalue weighted by Crippen LogP contribution is 2.25. The van der Waals surface area contributed by atoms with Crippen LogP contribution in [0.1, 0.15) is 20.3 Å². The predicted molar refractivity (Wildman–Crippen MR) is 84.2 cm³/mol. The molecule has 6 nitrogen and oxygen atoms in total. The van der Waals surface area contributed by atoms with Crippen molar-refractivity contribution in [2.75, 3.05) is 5.32 Å². The zero-order chi connectivity index (χ0) is 15.4. The first kappa shape index (κ1) is 15.2. The van der Waals surface area contributed by atoms with Crippen LogP contribution in [0.5, 0.6) is 0 Å². The average Bonchev–Trinajstić information content (AvgIpc) is 2.85. The van der Waals surface area contributed by atoms with E-state index in [2.05, 4.69) is 15.6 Å². The summed E-state index contributed by atoms with van der Waals surface area (Å²) in [6.07, 6.45) is 0.748. The van der Waals surface area contributed by atoms with Gasteiger partial charge in [0.05, 0.1) is 10.2 Å². The number of carbonyl (C=O) groups excluding carboxylic acids is 2. The van der Waals surface area contributed by atoms with Crippen molar-refractivity contribution in [1.29, 1.82) is 0 Å². The molecule has 112 valence electrons. The van der Waals surface area contributed by atoms with Crippen molar-refractivity contribution in [3.05, 3.63) is 24.3 Å². The van der Waals surface area contributed by atoms with Crippen LogP contribution in [0.25, 0.3) is 10.2 Å². The molecule has 0 fully saturated rings. The van der Waals surface area contributed by atoms with E-state index in [0.717, 1.165) is 16.6 Å². The van der Waals surface area contributed by atoms with Crippen LogP contribution in [0.4, 0.5) is 9.93 Å². The van der Waals surface area contributed by atoms with Gasteiger partial charge in [-0.15, -0.1) is 0 Å². The third-order valence-electron chi connectivity index (χ3n) is 3.32. The molecule has 3 amide bonds. The van der Waals surface area contributed by atoms with E-state index in [1.807, 2.05) is 38.1 Å². The predicted octanol–water partition coefficient (Wildman–Crippen LogP) is 2.32. The lowest BCUT2D eigenvalue weighted by Gasteiger charge is -2.21. The van der Waals surface area contributed by atoms with Gasteiger partial charge in [-0.3, -0.25) is 4.79 Å². The molecule has 1 aromatic carbocycles. The van der Waals surface area contributed by atoms with E-state index in [1.165, 1.54) is 11.3 Å². The number of hydrogen-bond acceptors (Lipinski definition) is 4. The average molecular weight is 306 g/mol. The van der Waals surface area contributed by atoms with E-state index in [9.17, 15) is 9.59 Å². The molecule has 1 heterocycles. The molecular formula is C14H18N4O2S. The summed E-state index contributed by atoms with van der Waals surface area (Å²) in [5.41, 5.74) is 5.97. The molecular weight excluding hydrogens is 288 g/mol. The van der Waals surface area contributed by atoms with Crippen molar-refractivity contribution in [2.45, 2.75) is 26.3 Å². The molecule has 0 unspecified atom stereocenters. The van der Waals surface area contributed by atoms with Crippen molar-refractivity contribution in [2.24, 2.45) is 11.7 Å². The summed E-state index contributed by atoms with van der Waals surface area (Å²) < 4.78 is 0.996. The van der Waals surface area contributed by atoms with Gasteiger partial charge >= 0.3 is 6.03 Å². The Bertz CT molecular complexity index is 622. The van der Waals surface area contributed by atoms with E-state index in [0.29, 0.717) is 5.13 Å². The van der Waals surface area contributed by atoms with E-state index >= 15 is 0 Å². The van der Waals surface area contributed by atoms with E-state index in [-0.39, 0.29) is 11.8 Å². The Morgan fingerprint density at radius 2 is 2.10 bits per heavy atom. The molecule has 0 spiro atoms. The van der Waals surface area contributed by atoms with Crippen LogP contribution in [-0.4, -0.2) is 23.0 Å². The van der Waals surface area contributed by atoms with E-state index in [1.54, 1.807) is 0 Å². The van der Waals surface area contributed by atoms with Crippen molar-refractivity contribution in [3.63, 3.8) is 0 Å². The second kappa shape index (κ2) is 6.53. The van der Waals surface area contributed by atoms with Gasteiger partial charge in [0.2, 0.25) is 5.91 Å². The Hall–Kier alpha value is -2.15. The highest BCUT2D eigenvalue weighted by Gasteiger charge is 2.25. The normalized spacial score (nSPS) is 13.6. The minimum Gasteiger partial charge on any atom is -0.352 e. The summed E-state index contributed by atoms with van der Waals surface area (Å²) in [4.78, 5) is 27.7. The number of fused-ring (bicyclic) bond motifs is 1. The number of para-hydroxylation sites is 1. The number of nitrogens with one attached hydrogen (secondary N) is 2. The van der Waals surface area contributed by atoms with Crippen molar-refractivity contribution < 1.29 is 9.59 Å². The summed E-state index contributed by atoms with van der Waals surface area (Å²) in [5.74, 6) is -0.325. The molecule has 0 aliphatic carbocycles. The highest BCUT2D eigenvalue weighted by molar-refractivity contribution is 7.22. The number of nitrogens with zero attached hydrogens (tertiary/aromatic N) is 1. The molecule has 4 N–H and O–H groups in total. The number of amides is 3. The van der Waals surface area contributed by atoms with Gasteiger partial charge in [-0.05, 0) is 18.1 Å². The highest BCUT2D eigenvalue weighted by atomic mass is 32.1. The van der Waals surface area contributed by atoms with Crippen LogP contribution in [-0.2, 0) is 4.79 Å². The third kappa shape index (κ3) is 3.69. The first-order chi connectivity index (χ1) is 10.0. The van der Waals surface area contributed by atoms with Crippen molar-refractivity contribution >= 4 is 38.6 Å². The second-order valence-electron chi connectivity index (χ2n) is 4.85. The number of benzene rings is 1. The minimum absolute atomic E-state index is 0.0214. The lowest BCUT2D eigenvalue weighted by molar-refractivity contribution is -0.119. The monoisotopic (exact) mass is 306 g/mol. The number of nitrogens with two attached hydrogens (primary N) is 1. The smallest absolute Gasteiger partial charge is 0.312 e. The Morgan fingerprint density at radius 1 is 1.38 bits per heavy atom. The first-order valence-electron chi connectivity index (χ1n) is 6.73. The van der Waals surface area contributed by atoms with Crippen LogP contribution < -0.4 is 16.4 Å². The molecule has 2 aromatic rings. The molecule has 2 rings (SSSR count). The van der Waals surface area contributed by atoms with Crippen LogP contribution in [0.3, 0.4) is 0 Å². The molecule has 7 heteroatoms. The van der Waals surface area contributed by atoms with Crippen LogP contribution >= 0.6 is 11.3 Å². The number of rotatable bonds is 5. The standard InChI is InChI=1S/C14H18N4O2S/c1-3-8(2)11(17-13(15)20)12(19)18-14-16-9-6-4-5-7-10(9)21-14/h4-8,11H,3H2,1-2H3,(H3,15,17,20)(H,16,18,19)/t8-,11-/m0/s1. The maximum Gasteiger partial charge on any atom is 0.312 e. The Morgan fingerprint density at radius 3 is 2.71 bits per heavy atom. The van der Waals surface area contributed by atoms with E-state index in [4.69, 9.17) is 5.73 Å². The van der Waals surface area contributed by atoms with Gasteiger partial charge in [0.15, 0.2) is 5.13 Å². The van der Waals surface area contributed by atoms with Crippen LogP contribution in [0.15, 0.2) is 24.3 Å². The number of primary amides is 1. The maximum atomic E-state index is 12.3. The second-order valence-corrected chi connectivity index (χ2v) is 5.88. The van der Waals surface area contributed by atoms with Crippen LogP contribution in [0.2, 0.25) is 0 Å². The number of carbonyl (C=O) groups is 2. The number of hydrogen-bond donors (Lipinski definition) is 3. The van der Waals surface area contributed by atoms with Gasteiger partial charge in [0.1, 0.15) is 6.04 Å². The number of thiazole rings is 1. The minimum atomic E-state index is -0.709. The first-order valence-corrected chi connectivity index (χ1v) is 7.55. The van der Waals surface area contributed by atoms with Gasteiger partial charge < -0.3 is 16.4 Å². The summed E-state index contributed by atoms with van der Waals surface area (Å²) in [6.45, 7) is 3.84. The fraction of sp³-hybridized carbons (Fsp3) is 0.357. The van der Waals surface area contributed by atoms with Gasteiger partial charge in [0, 0.05) is 0 Å². The Balaban J connectivity index is 2.15. The zero-order valence-electron chi connectivity index (χ0n) is 11.9. The van der Waals surface area contributed by atoms with Gasteiger partial charge in [0.25, 0.3) is 0 Å². The molecule has 0 aliphatic rings. The SMILES string of the molecule is CC[C@H](C)[C@H](NC(N)=O)C(=O)Nc1nc2ccccc2s1. The lowest BCUT2D eigenvalue weighted by atomic mass is 9.98. The topological polar surface area (TPSA) is 97.1 Å². The Labute approximate surface area is 126 Å². The lowest BCUT2D eigenvalue weighted by Crippen LogP contribution is -2.49. The number of anilines is 1. The molecule has 0 saturated carbocycles. The van der Waals surface area contributed by atoms with E-state index < -0.39 is 12.1 Å². The number of urea groups is 1. The van der Waals surface area contributed by atoms with Crippen LogP contribution in [0, 0.1) is 5.92 Å². The Kier molecular flexibility index (Phi) is 4.74. The molecule has 1 aromatic heterocycles. The van der Waals surface area contributed by atoms with Crippen molar-refractivity contribution in [3.8, 4) is 0 Å². The molecule has 0 radical (unpaired) electrons.